The Kier molecular flexibility index (Phi) is 6.62. The summed E-state index contributed by atoms with van der Waals surface area (Å²) in [5, 5.41) is 3.80. The summed E-state index contributed by atoms with van der Waals surface area (Å²) in [6.07, 6.45) is 0.809. The van der Waals surface area contributed by atoms with E-state index in [1.165, 1.54) is 11.8 Å². The number of H-pyrrole nitrogens is 2. The molecule has 0 aliphatic carbocycles. The first-order valence-electron chi connectivity index (χ1n) is 10.6. The molecule has 0 radical (unpaired) electrons. The number of amides is 1. The van der Waals surface area contributed by atoms with Crippen LogP contribution < -0.4 is 16.6 Å². The topological polar surface area (TPSA) is 113 Å². The third-order valence-corrected chi connectivity index (χ3v) is 6.57. The number of anilines is 1. The smallest absolute Gasteiger partial charge is 0.323 e. The van der Waals surface area contributed by atoms with Crippen molar-refractivity contribution in [2.24, 2.45) is 5.92 Å². The Labute approximate surface area is 198 Å². The molecule has 1 atom stereocenters. The maximum absolute atomic E-state index is 13.2. The number of halogens is 1. The predicted octanol–water partition coefficient (Wildman–Crippen LogP) is 4.38. The number of benzene rings is 2. The summed E-state index contributed by atoms with van der Waals surface area (Å²) in [6, 6.07) is 10.2. The number of nitrogens with zero attached hydrogens (tertiary/aromatic N) is 2. The van der Waals surface area contributed by atoms with Crippen LogP contribution in [0.2, 0.25) is 5.02 Å². The SMILES string of the molecule is CC(C)CCn1c(SC(C)C(=O)Nc2ccc3[nH]c(=O)[nH]c3c2)nc2cc(Cl)ccc2c1=O. The van der Waals surface area contributed by atoms with E-state index in [1.54, 1.807) is 47.9 Å². The number of fused-ring (bicyclic) bond motifs is 2. The first-order chi connectivity index (χ1) is 15.7. The Morgan fingerprint density at radius 1 is 1.12 bits per heavy atom. The Morgan fingerprint density at radius 3 is 2.64 bits per heavy atom. The summed E-state index contributed by atoms with van der Waals surface area (Å²) >= 11 is 7.34. The summed E-state index contributed by atoms with van der Waals surface area (Å²) in [5.41, 5.74) is 1.88. The summed E-state index contributed by atoms with van der Waals surface area (Å²) in [5.74, 6) is 0.166. The first kappa shape index (κ1) is 23.1. The molecule has 0 aliphatic heterocycles. The molecule has 0 fully saturated rings. The zero-order valence-electron chi connectivity index (χ0n) is 18.4. The molecule has 2 aromatic heterocycles. The van der Waals surface area contributed by atoms with Crippen LogP contribution in [0.5, 0.6) is 0 Å². The van der Waals surface area contributed by atoms with E-state index in [1.807, 2.05) is 0 Å². The fourth-order valence-corrected chi connectivity index (χ4v) is 4.52. The van der Waals surface area contributed by atoms with Crippen LogP contribution in [0.15, 0.2) is 51.1 Å². The minimum Gasteiger partial charge on any atom is -0.325 e. The number of aromatic amines is 2. The minimum atomic E-state index is -0.528. The van der Waals surface area contributed by atoms with E-state index in [0.29, 0.717) is 50.3 Å². The number of carbonyl (C=O) groups is 1. The molecule has 0 bridgehead atoms. The Bertz CT molecular complexity index is 1460. The number of hydrogen-bond donors (Lipinski definition) is 3. The number of carbonyl (C=O) groups excluding carboxylic acids is 1. The average molecular weight is 486 g/mol. The van der Waals surface area contributed by atoms with Crippen LogP contribution in [0.3, 0.4) is 0 Å². The van der Waals surface area contributed by atoms with Crippen molar-refractivity contribution in [3.8, 4) is 0 Å². The monoisotopic (exact) mass is 485 g/mol. The Hall–Kier alpha value is -3.04. The zero-order chi connectivity index (χ0) is 23.7. The number of imidazole rings is 1. The van der Waals surface area contributed by atoms with Gasteiger partial charge < -0.3 is 15.3 Å². The van der Waals surface area contributed by atoms with Gasteiger partial charge in [-0.3, -0.25) is 14.2 Å². The molecule has 0 aliphatic rings. The van der Waals surface area contributed by atoms with Crippen LogP contribution in [0.1, 0.15) is 27.2 Å². The van der Waals surface area contributed by atoms with Crippen molar-refractivity contribution in [1.29, 1.82) is 0 Å². The molecule has 0 spiro atoms. The highest BCUT2D eigenvalue weighted by Crippen LogP contribution is 2.26. The van der Waals surface area contributed by atoms with Gasteiger partial charge in [-0.2, -0.15) is 0 Å². The van der Waals surface area contributed by atoms with Gasteiger partial charge in [0, 0.05) is 17.3 Å². The first-order valence-corrected chi connectivity index (χ1v) is 11.9. The third-order valence-electron chi connectivity index (χ3n) is 5.25. The van der Waals surface area contributed by atoms with E-state index in [2.05, 4.69) is 34.1 Å². The Balaban J connectivity index is 1.61. The molecule has 8 nitrogen and oxygen atoms in total. The van der Waals surface area contributed by atoms with Gasteiger partial charge in [0.25, 0.3) is 5.56 Å². The molecule has 2 aromatic carbocycles. The van der Waals surface area contributed by atoms with E-state index in [0.717, 1.165) is 6.42 Å². The quantitative estimate of drug-likeness (QED) is 0.265. The van der Waals surface area contributed by atoms with Crippen molar-refractivity contribution in [1.82, 2.24) is 19.5 Å². The van der Waals surface area contributed by atoms with Crippen LogP contribution in [0.4, 0.5) is 5.69 Å². The lowest BCUT2D eigenvalue weighted by molar-refractivity contribution is -0.115. The summed E-state index contributed by atoms with van der Waals surface area (Å²) in [7, 11) is 0. The molecular formula is C23H24ClN5O3S. The predicted molar refractivity (Wildman–Crippen MR) is 133 cm³/mol. The largest absolute Gasteiger partial charge is 0.325 e. The summed E-state index contributed by atoms with van der Waals surface area (Å²) in [4.78, 5) is 47.5. The van der Waals surface area contributed by atoms with Crippen LogP contribution in [-0.4, -0.2) is 30.7 Å². The molecule has 1 unspecified atom stereocenters. The lowest BCUT2D eigenvalue weighted by Gasteiger charge is -2.17. The second kappa shape index (κ2) is 9.44. The van der Waals surface area contributed by atoms with Crippen molar-refractivity contribution in [3.63, 3.8) is 0 Å². The highest BCUT2D eigenvalue weighted by molar-refractivity contribution is 8.00. The number of nitrogens with one attached hydrogen (secondary N) is 3. The van der Waals surface area contributed by atoms with Crippen molar-refractivity contribution >= 4 is 56.9 Å². The van der Waals surface area contributed by atoms with Crippen molar-refractivity contribution < 1.29 is 4.79 Å². The van der Waals surface area contributed by atoms with E-state index >= 15 is 0 Å². The number of aromatic nitrogens is 4. The van der Waals surface area contributed by atoms with E-state index < -0.39 is 5.25 Å². The maximum atomic E-state index is 13.2. The molecule has 4 aromatic rings. The van der Waals surface area contributed by atoms with Crippen LogP contribution in [-0.2, 0) is 11.3 Å². The normalized spacial score (nSPS) is 12.5. The fourth-order valence-electron chi connectivity index (χ4n) is 3.41. The van der Waals surface area contributed by atoms with Crippen LogP contribution in [0, 0.1) is 5.92 Å². The average Bonchev–Trinajstić information content (AvgIpc) is 3.12. The third kappa shape index (κ3) is 5.15. The summed E-state index contributed by atoms with van der Waals surface area (Å²) in [6.45, 7) is 6.46. The van der Waals surface area contributed by atoms with Gasteiger partial charge in [-0.1, -0.05) is 37.2 Å². The fraction of sp³-hybridized carbons (Fsp3) is 0.304. The molecule has 4 rings (SSSR count). The minimum absolute atomic E-state index is 0.144. The molecular weight excluding hydrogens is 462 g/mol. The molecule has 10 heteroatoms. The summed E-state index contributed by atoms with van der Waals surface area (Å²) < 4.78 is 1.64. The second-order valence-electron chi connectivity index (χ2n) is 8.28. The van der Waals surface area contributed by atoms with Gasteiger partial charge in [0.1, 0.15) is 0 Å². The molecule has 0 saturated carbocycles. The van der Waals surface area contributed by atoms with Crippen molar-refractivity contribution in [3.05, 3.63) is 62.3 Å². The second-order valence-corrected chi connectivity index (χ2v) is 10.0. The lowest BCUT2D eigenvalue weighted by atomic mass is 10.1. The molecule has 172 valence electrons. The lowest BCUT2D eigenvalue weighted by Crippen LogP contribution is -2.27. The van der Waals surface area contributed by atoms with Gasteiger partial charge in [-0.15, -0.1) is 0 Å². The number of rotatable bonds is 7. The van der Waals surface area contributed by atoms with E-state index in [4.69, 9.17) is 11.6 Å². The molecule has 3 N–H and O–H groups in total. The van der Waals surface area contributed by atoms with E-state index in [9.17, 15) is 14.4 Å². The van der Waals surface area contributed by atoms with Gasteiger partial charge in [0.05, 0.1) is 27.2 Å². The number of hydrogen-bond acceptors (Lipinski definition) is 5. The molecule has 2 heterocycles. The van der Waals surface area contributed by atoms with Gasteiger partial charge in [0.2, 0.25) is 5.91 Å². The Morgan fingerprint density at radius 2 is 1.88 bits per heavy atom. The molecule has 1 amide bonds. The zero-order valence-corrected chi connectivity index (χ0v) is 20.0. The van der Waals surface area contributed by atoms with Crippen LogP contribution in [0.25, 0.3) is 21.9 Å². The van der Waals surface area contributed by atoms with Gasteiger partial charge >= 0.3 is 5.69 Å². The molecule has 0 saturated heterocycles. The number of thioether (sulfide) groups is 1. The van der Waals surface area contributed by atoms with Gasteiger partial charge in [0.15, 0.2) is 5.16 Å². The van der Waals surface area contributed by atoms with Crippen molar-refractivity contribution in [2.75, 3.05) is 5.32 Å². The van der Waals surface area contributed by atoms with Crippen molar-refractivity contribution in [2.45, 2.75) is 44.1 Å². The van der Waals surface area contributed by atoms with E-state index in [-0.39, 0.29) is 17.2 Å². The maximum Gasteiger partial charge on any atom is 0.323 e. The van der Waals surface area contributed by atoms with Crippen LogP contribution >= 0.6 is 23.4 Å². The highest BCUT2D eigenvalue weighted by atomic mass is 35.5. The molecule has 33 heavy (non-hydrogen) atoms. The standard InChI is InChI=1S/C23H24ClN5O3S/c1-12(2)8-9-29-21(31)16-6-4-14(24)10-18(16)28-23(29)33-13(3)20(30)25-15-5-7-17-19(11-15)27-22(32)26-17/h4-7,10-13H,8-9H2,1-3H3,(H,25,30)(H2,26,27,32). The highest BCUT2D eigenvalue weighted by Gasteiger charge is 2.20. The van der Waals surface area contributed by atoms with Gasteiger partial charge in [-0.05, 0) is 55.7 Å². The van der Waals surface area contributed by atoms with Gasteiger partial charge in [-0.25, -0.2) is 9.78 Å².